The van der Waals surface area contributed by atoms with Gasteiger partial charge in [-0.05, 0) is 48.9 Å². The minimum absolute atomic E-state index is 0.267. The maximum absolute atomic E-state index is 10.8. The van der Waals surface area contributed by atoms with Crippen LogP contribution in [0.1, 0.15) is 36.8 Å². The summed E-state index contributed by atoms with van der Waals surface area (Å²) in [5.74, 6) is -2.20. The van der Waals surface area contributed by atoms with Crippen LogP contribution in [0.2, 0.25) is 0 Å². The SMILES string of the molecule is O=C(O)C(F)(F)F.O=C(O)CCC1CCCN(Cc2cncc(OCc3ccccc3)c2)C1. The topological polar surface area (TPSA) is 100.0 Å². The Hall–Kier alpha value is -3.14. The van der Waals surface area contributed by atoms with Crippen molar-refractivity contribution in [1.82, 2.24) is 9.88 Å². The van der Waals surface area contributed by atoms with Crippen LogP contribution in [-0.2, 0) is 22.7 Å². The normalized spacial score (nSPS) is 16.4. The number of aliphatic carboxylic acids is 2. The van der Waals surface area contributed by atoms with Crippen molar-refractivity contribution in [3.05, 3.63) is 59.9 Å². The van der Waals surface area contributed by atoms with Crippen LogP contribution in [0.4, 0.5) is 13.2 Å². The predicted octanol–water partition coefficient (Wildman–Crippen LogP) is 4.37. The average Bonchev–Trinajstić information content (AvgIpc) is 2.77. The molecule has 1 unspecified atom stereocenters. The van der Waals surface area contributed by atoms with Gasteiger partial charge in [0.1, 0.15) is 12.4 Å². The van der Waals surface area contributed by atoms with E-state index in [4.69, 9.17) is 19.7 Å². The van der Waals surface area contributed by atoms with Gasteiger partial charge < -0.3 is 14.9 Å². The second-order valence-corrected chi connectivity index (χ2v) is 7.78. The molecule has 3 rings (SSSR count). The van der Waals surface area contributed by atoms with Crippen molar-refractivity contribution < 1.29 is 37.7 Å². The summed E-state index contributed by atoms with van der Waals surface area (Å²) in [6.45, 7) is 3.38. The van der Waals surface area contributed by atoms with Crippen molar-refractivity contribution >= 4 is 11.9 Å². The van der Waals surface area contributed by atoms with E-state index >= 15 is 0 Å². The number of aromatic nitrogens is 1. The number of benzene rings is 1. The third-order valence-electron chi connectivity index (χ3n) is 5.04. The van der Waals surface area contributed by atoms with E-state index in [0.29, 0.717) is 12.5 Å². The highest BCUT2D eigenvalue weighted by Crippen LogP contribution is 2.23. The molecule has 0 amide bonds. The number of piperidine rings is 1. The number of hydrogen-bond acceptors (Lipinski definition) is 5. The highest BCUT2D eigenvalue weighted by atomic mass is 19.4. The molecular formula is C23H27F3N2O5. The summed E-state index contributed by atoms with van der Waals surface area (Å²) in [5.41, 5.74) is 2.27. The number of pyridine rings is 1. The number of nitrogens with zero attached hydrogens (tertiary/aromatic N) is 2. The first-order valence-corrected chi connectivity index (χ1v) is 10.5. The number of hydrogen-bond donors (Lipinski definition) is 2. The lowest BCUT2D eigenvalue weighted by atomic mass is 9.93. The van der Waals surface area contributed by atoms with Crippen LogP contribution in [0.5, 0.6) is 5.75 Å². The largest absolute Gasteiger partial charge is 0.490 e. The Kier molecular flexibility index (Phi) is 10.1. The standard InChI is InChI=1S/C21H26N2O3.C2HF3O2/c24-21(25)9-8-17-7-4-10-23(14-17)15-19-11-20(13-22-12-19)26-16-18-5-2-1-3-6-18;3-2(4,5)1(6)7/h1-3,5-6,11-13,17H,4,7-10,14-16H2,(H,24,25);(H,6,7). The molecule has 0 radical (unpaired) electrons. The summed E-state index contributed by atoms with van der Waals surface area (Å²) in [6.07, 6.45) is 1.84. The maximum Gasteiger partial charge on any atom is 0.490 e. The number of alkyl halides is 3. The smallest absolute Gasteiger partial charge is 0.487 e. The highest BCUT2D eigenvalue weighted by Gasteiger charge is 2.38. The number of halogens is 3. The number of likely N-dealkylation sites (tertiary alicyclic amines) is 1. The molecule has 1 saturated heterocycles. The monoisotopic (exact) mass is 468 g/mol. The third kappa shape index (κ3) is 10.3. The van der Waals surface area contributed by atoms with E-state index in [2.05, 4.69) is 16.0 Å². The van der Waals surface area contributed by atoms with Crippen LogP contribution in [-0.4, -0.2) is 51.3 Å². The van der Waals surface area contributed by atoms with Crippen LogP contribution in [0.15, 0.2) is 48.8 Å². The molecule has 0 saturated carbocycles. The molecule has 2 aromatic rings. The Morgan fingerprint density at radius 2 is 1.82 bits per heavy atom. The van der Waals surface area contributed by atoms with Crippen molar-refractivity contribution in [1.29, 1.82) is 0 Å². The molecule has 1 atom stereocenters. The molecule has 2 heterocycles. The second kappa shape index (κ2) is 12.8. The minimum atomic E-state index is -5.08. The average molecular weight is 468 g/mol. The van der Waals surface area contributed by atoms with Gasteiger partial charge in [-0.25, -0.2) is 4.79 Å². The first-order chi connectivity index (χ1) is 15.6. The number of carboxylic acid groups (broad SMARTS) is 2. The zero-order valence-corrected chi connectivity index (χ0v) is 18.0. The fraction of sp³-hybridized carbons (Fsp3) is 0.435. The predicted molar refractivity (Wildman–Crippen MR) is 114 cm³/mol. The first-order valence-electron chi connectivity index (χ1n) is 10.5. The number of ether oxygens (including phenoxy) is 1. The van der Waals surface area contributed by atoms with Gasteiger partial charge >= 0.3 is 18.1 Å². The van der Waals surface area contributed by atoms with Crippen molar-refractivity contribution in [2.45, 2.75) is 45.0 Å². The molecule has 7 nitrogen and oxygen atoms in total. The highest BCUT2D eigenvalue weighted by molar-refractivity contribution is 5.73. The molecule has 0 aliphatic carbocycles. The third-order valence-corrected chi connectivity index (χ3v) is 5.04. The van der Waals surface area contributed by atoms with Gasteiger partial charge in [0, 0.05) is 25.7 Å². The fourth-order valence-electron chi connectivity index (χ4n) is 3.49. The van der Waals surface area contributed by atoms with Gasteiger partial charge in [0.05, 0.1) is 6.20 Å². The molecule has 2 N–H and O–H groups in total. The Morgan fingerprint density at radius 1 is 1.12 bits per heavy atom. The Labute approximate surface area is 189 Å². The van der Waals surface area contributed by atoms with Gasteiger partial charge in [-0.2, -0.15) is 13.2 Å². The molecule has 180 valence electrons. The van der Waals surface area contributed by atoms with Crippen LogP contribution < -0.4 is 4.74 Å². The molecule has 1 aliphatic rings. The van der Waals surface area contributed by atoms with Crippen LogP contribution >= 0.6 is 0 Å². The molecule has 0 bridgehead atoms. The van der Waals surface area contributed by atoms with Gasteiger partial charge in [-0.3, -0.25) is 14.7 Å². The first kappa shape index (κ1) is 26.1. The van der Waals surface area contributed by atoms with Gasteiger partial charge in [-0.15, -0.1) is 0 Å². The number of carbonyl (C=O) groups is 2. The summed E-state index contributed by atoms with van der Waals surface area (Å²) in [6, 6.07) is 12.1. The quantitative estimate of drug-likeness (QED) is 0.593. The molecule has 1 aliphatic heterocycles. The number of rotatable bonds is 8. The van der Waals surface area contributed by atoms with Crippen molar-refractivity contribution in [3.63, 3.8) is 0 Å². The van der Waals surface area contributed by atoms with E-state index in [9.17, 15) is 18.0 Å². The zero-order valence-electron chi connectivity index (χ0n) is 18.0. The van der Waals surface area contributed by atoms with Gasteiger partial charge in [0.15, 0.2) is 0 Å². The molecule has 1 aromatic carbocycles. The van der Waals surface area contributed by atoms with Gasteiger partial charge in [-0.1, -0.05) is 30.3 Å². The summed E-state index contributed by atoms with van der Waals surface area (Å²) < 4.78 is 37.6. The van der Waals surface area contributed by atoms with E-state index in [-0.39, 0.29) is 6.42 Å². The Bertz CT molecular complexity index is 893. The Balaban J connectivity index is 0.000000479. The molecule has 33 heavy (non-hydrogen) atoms. The molecule has 10 heteroatoms. The van der Waals surface area contributed by atoms with E-state index in [0.717, 1.165) is 55.8 Å². The van der Waals surface area contributed by atoms with E-state index in [1.165, 1.54) is 0 Å². The number of carboxylic acids is 2. The lowest BCUT2D eigenvalue weighted by molar-refractivity contribution is -0.192. The lowest BCUT2D eigenvalue weighted by Gasteiger charge is -2.32. The Morgan fingerprint density at radius 3 is 2.45 bits per heavy atom. The zero-order chi connectivity index (χ0) is 24.3. The van der Waals surface area contributed by atoms with Gasteiger partial charge in [0.2, 0.25) is 0 Å². The van der Waals surface area contributed by atoms with Crippen LogP contribution in [0, 0.1) is 5.92 Å². The summed E-state index contributed by atoms with van der Waals surface area (Å²) in [7, 11) is 0. The molecular weight excluding hydrogens is 441 g/mol. The summed E-state index contributed by atoms with van der Waals surface area (Å²) in [5, 5.41) is 16.0. The fourth-order valence-corrected chi connectivity index (χ4v) is 3.49. The minimum Gasteiger partial charge on any atom is -0.487 e. The van der Waals surface area contributed by atoms with E-state index in [1.54, 1.807) is 6.20 Å². The maximum atomic E-state index is 10.8. The van der Waals surface area contributed by atoms with Crippen LogP contribution in [0.25, 0.3) is 0 Å². The molecule has 0 spiro atoms. The summed E-state index contributed by atoms with van der Waals surface area (Å²) in [4.78, 5) is 26.4. The van der Waals surface area contributed by atoms with Crippen molar-refractivity contribution in [2.24, 2.45) is 5.92 Å². The lowest BCUT2D eigenvalue weighted by Crippen LogP contribution is -2.35. The second-order valence-electron chi connectivity index (χ2n) is 7.78. The van der Waals surface area contributed by atoms with Gasteiger partial charge in [0.25, 0.3) is 0 Å². The summed E-state index contributed by atoms with van der Waals surface area (Å²) >= 11 is 0. The van der Waals surface area contributed by atoms with Crippen LogP contribution in [0.3, 0.4) is 0 Å². The molecule has 1 fully saturated rings. The molecule has 1 aromatic heterocycles. The van der Waals surface area contributed by atoms with E-state index < -0.39 is 18.1 Å². The van der Waals surface area contributed by atoms with Crippen molar-refractivity contribution in [3.8, 4) is 5.75 Å². The van der Waals surface area contributed by atoms with E-state index in [1.807, 2.05) is 36.5 Å². The van der Waals surface area contributed by atoms with Crippen molar-refractivity contribution in [2.75, 3.05) is 13.1 Å².